The molecule has 4 aromatic rings. The molecule has 0 bridgehead atoms. The molecular weight excluding hydrogens is 448 g/mol. The fraction of sp³-hybridized carbons (Fsp3) is 0. The lowest BCUT2D eigenvalue weighted by Gasteiger charge is -2.10. The van der Waals surface area contributed by atoms with Gasteiger partial charge in [-0.2, -0.15) is 0 Å². The van der Waals surface area contributed by atoms with Gasteiger partial charge in [-0.15, -0.1) is 0 Å². The predicted octanol–water partition coefficient (Wildman–Crippen LogP) is 5.70. The lowest BCUT2D eigenvalue weighted by molar-refractivity contribution is 0.103. The number of fused-ring (bicyclic) bond motifs is 3. The summed E-state index contributed by atoms with van der Waals surface area (Å²) in [6, 6.07) is 18.4. The van der Waals surface area contributed by atoms with E-state index in [1.807, 2.05) is 30.3 Å². The van der Waals surface area contributed by atoms with Gasteiger partial charge >= 0.3 is 5.63 Å². The quantitative estimate of drug-likeness (QED) is 0.220. The first kappa shape index (κ1) is 16.2. The Morgan fingerprint density at radius 3 is 2.36 bits per heavy atom. The zero-order valence-electron chi connectivity index (χ0n) is 12.8. The second kappa shape index (κ2) is 6.24. The number of halogens is 2. The third kappa shape index (κ3) is 2.73. The summed E-state index contributed by atoms with van der Waals surface area (Å²) >= 11 is 6.63. The van der Waals surface area contributed by atoms with Gasteiger partial charge in [0.05, 0.1) is 5.56 Å². The van der Waals surface area contributed by atoms with Gasteiger partial charge < -0.3 is 4.42 Å². The molecule has 0 atom stereocenters. The number of carbonyl (C=O) groups excluding carboxylic acids is 1. The molecule has 3 nitrogen and oxygen atoms in total. The zero-order chi connectivity index (χ0) is 17.6. The maximum absolute atomic E-state index is 13.2. The van der Waals surface area contributed by atoms with Crippen molar-refractivity contribution in [2.24, 2.45) is 0 Å². The van der Waals surface area contributed by atoms with Crippen LogP contribution in [-0.4, -0.2) is 5.78 Å². The first-order chi connectivity index (χ1) is 12.1. The van der Waals surface area contributed by atoms with Gasteiger partial charge in [-0.1, -0.05) is 46.3 Å². The first-order valence-electron chi connectivity index (χ1n) is 7.50. The summed E-state index contributed by atoms with van der Waals surface area (Å²) in [7, 11) is 0. The van der Waals surface area contributed by atoms with E-state index in [0.717, 1.165) is 15.2 Å². The Labute approximate surface area is 159 Å². The molecule has 0 saturated carbocycles. The molecule has 122 valence electrons. The van der Waals surface area contributed by atoms with Crippen molar-refractivity contribution in [2.75, 3.05) is 0 Å². The van der Waals surface area contributed by atoms with Crippen molar-refractivity contribution in [1.29, 1.82) is 0 Å². The molecule has 0 amide bonds. The lowest BCUT2D eigenvalue weighted by Crippen LogP contribution is -2.11. The number of hydrogen-bond donors (Lipinski definition) is 0. The first-order valence-corrected chi connectivity index (χ1v) is 9.09. The third-order valence-corrected chi connectivity index (χ3v) is 5.32. The van der Waals surface area contributed by atoms with E-state index in [1.54, 1.807) is 30.3 Å². The van der Waals surface area contributed by atoms with E-state index in [-0.39, 0.29) is 10.3 Å². The largest absolute Gasteiger partial charge is 0.422 e. The number of rotatable bonds is 2. The molecule has 1 heterocycles. The maximum Gasteiger partial charge on any atom is 0.351 e. The molecule has 0 unspecified atom stereocenters. The Bertz CT molecular complexity index is 1190. The fourth-order valence-electron chi connectivity index (χ4n) is 2.91. The van der Waals surface area contributed by atoms with Gasteiger partial charge in [-0.3, -0.25) is 4.79 Å². The van der Waals surface area contributed by atoms with Crippen LogP contribution in [0.5, 0.6) is 0 Å². The Kier molecular flexibility index (Phi) is 4.06. The number of hydrogen-bond acceptors (Lipinski definition) is 3. The molecule has 0 radical (unpaired) electrons. The second-order valence-corrected chi connectivity index (χ2v) is 7.28. The summed E-state index contributed by atoms with van der Waals surface area (Å²) in [5.41, 5.74) is 0.657. The van der Waals surface area contributed by atoms with Crippen LogP contribution in [0.1, 0.15) is 15.9 Å². The minimum Gasteiger partial charge on any atom is -0.422 e. The Morgan fingerprint density at radius 1 is 0.880 bits per heavy atom. The standard InChI is InChI=1S/C20H10Br2O3/c21-13-8-5-12(6-9-13)19(23)17-16-14-4-2-1-3-11(14)7-10-15(16)25-20(24)18(17)22/h1-10H. The zero-order valence-corrected chi connectivity index (χ0v) is 15.9. The smallest absolute Gasteiger partial charge is 0.351 e. The van der Waals surface area contributed by atoms with E-state index < -0.39 is 5.63 Å². The minimum atomic E-state index is -0.566. The van der Waals surface area contributed by atoms with E-state index >= 15 is 0 Å². The van der Waals surface area contributed by atoms with E-state index in [4.69, 9.17) is 4.42 Å². The van der Waals surface area contributed by atoms with Gasteiger partial charge in [0.2, 0.25) is 0 Å². The van der Waals surface area contributed by atoms with E-state index in [9.17, 15) is 9.59 Å². The summed E-state index contributed by atoms with van der Waals surface area (Å²) in [6.07, 6.45) is 0. The summed E-state index contributed by atoms with van der Waals surface area (Å²) in [5.74, 6) is -0.228. The van der Waals surface area contributed by atoms with Gasteiger partial charge in [-0.05, 0) is 57.0 Å². The molecule has 1 aromatic heterocycles. The monoisotopic (exact) mass is 456 g/mol. The highest BCUT2D eigenvalue weighted by atomic mass is 79.9. The molecule has 4 rings (SSSR count). The van der Waals surface area contributed by atoms with Crippen molar-refractivity contribution in [3.63, 3.8) is 0 Å². The number of carbonyl (C=O) groups is 1. The highest BCUT2D eigenvalue weighted by Gasteiger charge is 2.22. The van der Waals surface area contributed by atoms with Crippen LogP contribution in [0, 0.1) is 0 Å². The van der Waals surface area contributed by atoms with Crippen LogP contribution in [0.15, 0.2) is 78.8 Å². The summed E-state index contributed by atoms with van der Waals surface area (Å²) in [5, 5.41) is 2.48. The lowest BCUT2D eigenvalue weighted by atomic mass is 9.96. The molecule has 3 aromatic carbocycles. The minimum absolute atomic E-state index is 0.143. The van der Waals surface area contributed by atoms with Gasteiger partial charge in [0.1, 0.15) is 10.1 Å². The van der Waals surface area contributed by atoms with Crippen LogP contribution < -0.4 is 5.63 Å². The molecule has 0 aliphatic carbocycles. The number of ketones is 1. The van der Waals surface area contributed by atoms with Crippen LogP contribution in [0.4, 0.5) is 0 Å². The van der Waals surface area contributed by atoms with Gasteiger partial charge in [-0.25, -0.2) is 4.79 Å². The highest BCUT2D eigenvalue weighted by Crippen LogP contribution is 2.32. The molecular formula is C20H10Br2O3. The molecule has 25 heavy (non-hydrogen) atoms. The third-order valence-electron chi connectivity index (χ3n) is 4.08. The number of benzene rings is 3. The van der Waals surface area contributed by atoms with Gasteiger partial charge in [0.25, 0.3) is 0 Å². The van der Waals surface area contributed by atoms with Crippen molar-refractivity contribution < 1.29 is 9.21 Å². The van der Waals surface area contributed by atoms with Gasteiger partial charge in [0, 0.05) is 15.4 Å². The van der Waals surface area contributed by atoms with Crippen molar-refractivity contribution in [3.05, 3.63) is 91.2 Å². The topological polar surface area (TPSA) is 47.3 Å². The highest BCUT2D eigenvalue weighted by molar-refractivity contribution is 9.10. The summed E-state index contributed by atoms with van der Waals surface area (Å²) in [4.78, 5) is 25.4. The van der Waals surface area contributed by atoms with Crippen molar-refractivity contribution in [1.82, 2.24) is 0 Å². The Hall–Kier alpha value is -2.24. The normalized spacial score (nSPS) is 11.1. The molecule has 0 aliphatic heterocycles. The predicted molar refractivity (Wildman–Crippen MR) is 105 cm³/mol. The average Bonchev–Trinajstić information content (AvgIpc) is 2.63. The molecule has 0 saturated heterocycles. The maximum atomic E-state index is 13.2. The molecule has 0 aliphatic rings. The Balaban J connectivity index is 2.12. The van der Waals surface area contributed by atoms with Crippen LogP contribution in [0.2, 0.25) is 0 Å². The SMILES string of the molecule is O=C(c1ccc(Br)cc1)c1c(Br)c(=O)oc2ccc3ccccc3c12. The average molecular weight is 458 g/mol. The fourth-order valence-corrected chi connectivity index (χ4v) is 3.63. The molecule has 0 fully saturated rings. The molecule has 5 heteroatoms. The van der Waals surface area contributed by atoms with E-state index in [0.29, 0.717) is 22.1 Å². The van der Waals surface area contributed by atoms with Gasteiger partial charge in [0.15, 0.2) is 5.78 Å². The van der Waals surface area contributed by atoms with E-state index in [2.05, 4.69) is 31.9 Å². The second-order valence-electron chi connectivity index (χ2n) is 5.57. The van der Waals surface area contributed by atoms with Crippen LogP contribution in [-0.2, 0) is 0 Å². The molecule has 0 spiro atoms. The van der Waals surface area contributed by atoms with E-state index in [1.165, 1.54) is 0 Å². The summed E-state index contributed by atoms with van der Waals surface area (Å²) in [6.45, 7) is 0. The Morgan fingerprint density at radius 2 is 1.60 bits per heavy atom. The molecule has 0 N–H and O–H groups in total. The van der Waals surface area contributed by atoms with Crippen molar-refractivity contribution in [3.8, 4) is 0 Å². The van der Waals surface area contributed by atoms with Crippen molar-refractivity contribution in [2.45, 2.75) is 0 Å². The van der Waals surface area contributed by atoms with Crippen LogP contribution in [0.25, 0.3) is 21.7 Å². The van der Waals surface area contributed by atoms with Crippen LogP contribution in [0.3, 0.4) is 0 Å². The van der Waals surface area contributed by atoms with Crippen molar-refractivity contribution >= 4 is 59.4 Å². The van der Waals surface area contributed by atoms with Crippen LogP contribution >= 0.6 is 31.9 Å². The summed E-state index contributed by atoms with van der Waals surface area (Å²) < 4.78 is 6.41.